The Morgan fingerprint density at radius 1 is 1.29 bits per heavy atom. The molecule has 0 aromatic rings. The van der Waals surface area contributed by atoms with Gasteiger partial charge in [-0.3, -0.25) is 5.26 Å². The molecule has 0 aliphatic rings. The molecule has 0 saturated carbocycles. The van der Waals surface area contributed by atoms with E-state index in [4.69, 9.17) is 10.4 Å². The topological polar surface area (TPSA) is 49.7 Å². The van der Waals surface area contributed by atoms with Gasteiger partial charge in [-0.05, 0) is 19.3 Å². The lowest BCUT2D eigenvalue weighted by molar-refractivity contribution is -0.335. The summed E-state index contributed by atoms with van der Waals surface area (Å²) in [4.78, 5) is 4.51. The van der Waals surface area contributed by atoms with Gasteiger partial charge in [-0.1, -0.05) is 33.6 Å². The van der Waals surface area contributed by atoms with Crippen LogP contribution >= 0.6 is 0 Å². The molecule has 0 unspecified atom stereocenters. The second kappa shape index (κ2) is 6.38. The van der Waals surface area contributed by atoms with Crippen molar-refractivity contribution < 1.29 is 15.3 Å². The summed E-state index contributed by atoms with van der Waals surface area (Å²) in [6, 6.07) is 0. The molecule has 0 aliphatic carbocycles. The minimum absolute atomic E-state index is 0.0404. The first-order chi connectivity index (χ1) is 6.46. The molecule has 0 aromatic carbocycles. The van der Waals surface area contributed by atoms with E-state index in [0.29, 0.717) is 5.92 Å². The van der Waals surface area contributed by atoms with E-state index in [-0.39, 0.29) is 12.5 Å². The van der Waals surface area contributed by atoms with Crippen LogP contribution in [0.25, 0.3) is 0 Å². The van der Waals surface area contributed by atoms with E-state index < -0.39 is 5.60 Å². The third-order valence-electron chi connectivity index (χ3n) is 2.98. The van der Waals surface area contributed by atoms with Crippen LogP contribution in [-0.2, 0) is 4.89 Å². The summed E-state index contributed by atoms with van der Waals surface area (Å²) in [7, 11) is 0. The fraction of sp³-hybridized carbons (Fsp3) is 1.00. The number of aliphatic hydroxyl groups is 1. The molecular formula is C11H24O3. The smallest absolute Gasteiger partial charge is 0.105 e. The molecule has 0 amide bonds. The molecule has 0 fully saturated rings. The molecule has 0 spiro atoms. The Hall–Kier alpha value is -0.120. The van der Waals surface area contributed by atoms with E-state index in [0.717, 1.165) is 19.3 Å². The van der Waals surface area contributed by atoms with Gasteiger partial charge in [-0.2, -0.15) is 0 Å². The molecule has 2 N–H and O–H groups in total. The van der Waals surface area contributed by atoms with Gasteiger partial charge in [0.15, 0.2) is 0 Å². The maximum absolute atomic E-state index is 9.02. The SMILES string of the molecule is CC(C)CCC[C@@](C)(OO)[C@H](C)CO. The quantitative estimate of drug-likeness (QED) is 0.495. The van der Waals surface area contributed by atoms with Crippen molar-refractivity contribution in [1.29, 1.82) is 0 Å². The zero-order chi connectivity index (χ0) is 11.2. The van der Waals surface area contributed by atoms with Gasteiger partial charge in [-0.15, -0.1) is 0 Å². The van der Waals surface area contributed by atoms with Crippen molar-refractivity contribution >= 4 is 0 Å². The molecule has 3 heteroatoms. The molecule has 0 aliphatic heterocycles. The Bertz CT molecular complexity index is 147. The minimum atomic E-state index is -0.607. The van der Waals surface area contributed by atoms with E-state index in [1.54, 1.807) is 0 Å². The highest BCUT2D eigenvalue weighted by molar-refractivity contribution is 4.79. The lowest BCUT2D eigenvalue weighted by atomic mass is 9.85. The second-order valence-corrected chi connectivity index (χ2v) is 4.77. The molecule has 14 heavy (non-hydrogen) atoms. The van der Waals surface area contributed by atoms with Crippen molar-refractivity contribution in [2.45, 2.75) is 52.6 Å². The van der Waals surface area contributed by atoms with E-state index in [1.165, 1.54) is 0 Å². The average molecular weight is 204 g/mol. The van der Waals surface area contributed by atoms with Gasteiger partial charge in [0.05, 0.1) is 0 Å². The Morgan fingerprint density at radius 3 is 2.21 bits per heavy atom. The Morgan fingerprint density at radius 2 is 1.86 bits per heavy atom. The van der Waals surface area contributed by atoms with Crippen LogP contribution in [0.5, 0.6) is 0 Å². The van der Waals surface area contributed by atoms with E-state index >= 15 is 0 Å². The van der Waals surface area contributed by atoms with Crippen LogP contribution in [0.2, 0.25) is 0 Å². The van der Waals surface area contributed by atoms with Crippen LogP contribution in [0, 0.1) is 11.8 Å². The third-order valence-corrected chi connectivity index (χ3v) is 2.98. The normalized spacial score (nSPS) is 18.2. The highest BCUT2D eigenvalue weighted by atomic mass is 17.1. The van der Waals surface area contributed by atoms with Crippen molar-refractivity contribution in [3.05, 3.63) is 0 Å². The second-order valence-electron chi connectivity index (χ2n) is 4.77. The number of hydrogen-bond acceptors (Lipinski definition) is 3. The van der Waals surface area contributed by atoms with Crippen LogP contribution in [-0.4, -0.2) is 22.6 Å². The van der Waals surface area contributed by atoms with Crippen molar-refractivity contribution in [3.63, 3.8) is 0 Å². The molecule has 0 heterocycles. The van der Waals surface area contributed by atoms with Crippen LogP contribution in [0.1, 0.15) is 47.0 Å². The summed E-state index contributed by atoms with van der Waals surface area (Å²) in [5.41, 5.74) is -0.607. The number of aliphatic hydroxyl groups excluding tert-OH is 1. The first kappa shape index (κ1) is 13.9. The van der Waals surface area contributed by atoms with Gasteiger partial charge in [0.1, 0.15) is 5.60 Å². The van der Waals surface area contributed by atoms with Gasteiger partial charge in [0.25, 0.3) is 0 Å². The first-order valence-corrected chi connectivity index (χ1v) is 5.39. The zero-order valence-corrected chi connectivity index (χ0v) is 9.79. The molecule has 0 rings (SSSR count). The van der Waals surface area contributed by atoms with Gasteiger partial charge >= 0.3 is 0 Å². The third kappa shape index (κ3) is 4.40. The largest absolute Gasteiger partial charge is 0.396 e. The summed E-state index contributed by atoms with van der Waals surface area (Å²) < 4.78 is 0. The first-order valence-electron chi connectivity index (χ1n) is 5.39. The van der Waals surface area contributed by atoms with Crippen molar-refractivity contribution in [1.82, 2.24) is 0 Å². The highest BCUT2D eigenvalue weighted by Gasteiger charge is 2.31. The summed E-state index contributed by atoms with van der Waals surface area (Å²) in [6.07, 6.45) is 2.92. The molecule has 0 saturated heterocycles. The molecule has 0 radical (unpaired) electrons. The van der Waals surface area contributed by atoms with E-state index in [1.807, 2.05) is 13.8 Å². The van der Waals surface area contributed by atoms with Crippen molar-refractivity contribution in [2.75, 3.05) is 6.61 Å². The standard InChI is InChI=1S/C11H24O3/c1-9(2)6-5-7-11(4,14-13)10(3)8-12/h9-10,12-13H,5-8H2,1-4H3/t10-,11-/m1/s1. The summed E-state index contributed by atoms with van der Waals surface area (Å²) in [5, 5.41) is 17.9. The lowest BCUT2D eigenvalue weighted by Crippen LogP contribution is -2.37. The number of rotatable bonds is 7. The van der Waals surface area contributed by atoms with Crippen molar-refractivity contribution in [2.24, 2.45) is 11.8 Å². The lowest BCUT2D eigenvalue weighted by Gasteiger charge is -2.31. The highest BCUT2D eigenvalue weighted by Crippen LogP contribution is 2.27. The maximum atomic E-state index is 9.02. The van der Waals surface area contributed by atoms with Crippen LogP contribution in [0.15, 0.2) is 0 Å². The molecule has 0 aromatic heterocycles. The average Bonchev–Trinajstić information content (AvgIpc) is 2.15. The maximum Gasteiger partial charge on any atom is 0.105 e. The van der Waals surface area contributed by atoms with Crippen LogP contribution in [0.3, 0.4) is 0 Å². The van der Waals surface area contributed by atoms with Crippen LogP contribution in [0.4, 0.5) is 0 Å². The Labute approximate surface area is 87.0 Å². The predicted molar refractivity (Wildman–Crippen MR) is 57.1 cm³/mol. The molecule has 0 bridgehead atoms. The fourth-order valence-corrected chi connectivity index (χ4v) is 1.44. The minimum Gasteiger partial charge on any atom is -0.396 e. The Kier molecular flexibility index (Phi) is 6.33. The zero-order valence-electron chi connectivity index (χ0n) is 9.79. The van der Waals surface area contributed by atoms with Gasteiger partial charge in [0.2, 0.25) is 0 Å². The summed E-state index contributed by atoms with van der Waals surface area (Å²) in [6.45, 7) is 8.11. The predicted octanol–water partition coefficient (Wildman–Crippen LogP) is 2.69. The van der Waals surface area contributed by atoms with Crippen molar-refractivity contribution in [3.8, 4) is 0 Å². The summed E-state index contributed by atoms with van der Waals surface area (Å²) >= 11 is 0. The molecule has 2 atom stereocenters. The van der Waals surface area contributed by atoms with Gasteiger partial charge in [-0.25, -0.2) is 4.89 Å². The Balaban J connectivity index is 3.99. The fourth-order valence-electron chi connectivity index (χ4n) is 1.44. The summed E-state index contributed by atoms with van der Waals surface area (Å²) in [5.74, 6) is 0.627. The van der Waals surface area contributed by atoms with Gasteiger partial charge < -0.3 is 5.11 Å². The van der Waals surface area contributed by atoms with Crippen LogP contribution < -0.4 is 0 Å². The molecular weight excluding hydrogens is 180 g/mol. The van der Waals surface area contributed by atoms with Gasteiger partial charge in [0, 0.05) is 12.5 Å². The molecule has 86 valence electrons. The van der Waals surface area contributed by atoms with E-state index in [2.05, 4.69) is 18.7 Å². The monoisotopic (exact) mass is 204 g/mol. The van der Waals surface area contributed by atoms with E-state index in [9.17, 15) is 0 Å². The number of hydrogen-bond donors (Lipinski definition) is 2. The molecule has 3 nitrogen and oxygen atoms in total.